The van der Waals surface area contributed by atoms with Crippen molar-refractivity contribution >= 4 is 87.1 Å². The van der Waals surface area contributed by atoms with Crippen LogP contribution < -0.4 is 5.32 Å². The van der Waals surface area contributed by atoms with Gasteiger partial charge in [-0.15, -0.1) is 23.2 Å². The molecule has 0 radical (unpaired) electrons. The number of hydrogen-bond donors (Lipinski definition) is 1. The van der Waals surface area contributed by atoms with Crippen molar-refractivity contribution in [3.8, 4) is 5.40 Å². The van der Waals surface area contributed by atoms with Gasteiger partial charge < -0.3 is 5.32 Å². The van der Waals surface area contributed by atoms with E-state index in [0.29, 0.717) is 21.3 Å². The van der Waals surface area contributed by atoms with Crippen LogP contribution in [0, 0.1) is 16.6 Å². The number of halogens is 5. The van der Waals surface area contributed by atoms with Gasteiger partial charge in [-0.25, -0.2) is 0 Å². The molecule has 1 amide bonds. The zero-order valence-corrected chi connectivity index (χ0v) is 22.3. The summed E-state index contributed by atoms with van der Waals surface area (Å²) >= 11 is 32.3. The lowest BCUT2D eigenvalue weighted by Gasteiger charge is -2.09. The van der Waals surface area contributed by atoms with Crippen LogP contribution in [0.15, 0.2) is 65.6 Å². The molecule has 3 aromatic carbocycles. The van der Waals surface area contributed by atoms with E-state index in [1.54, 1.807) is 54.6 Å². The molecule has 1 fully saturated rings. The molecule has 1 N–H and O–H groups in total. The van der Waals surface area contributed by atoms with Gasteiger partial charge >= 0.3 is 0 Å². The van der Waals surface area contributed by atoms with Crippen LogP contribution in [-0.2, 0) is 11.2 Å². The number of carbonyl (C=O) groups excluding carboxylic acids is 2. The van der Waals surface area contributed by atoms with Crippen LogP contribution in [0.3, 0.4) is 0 Å². The Hall–Kier alpha value is -1.91. The maximum Gasteiger partial charge on any atom is 0.231 e. The largest absolute Gasteiger partial charge is 0.326 e. The predicted octanol–water partition coefficient (Wildman–Crippen LogP) is 8.17. The number of hydrogen-bond acceptors (Lipinski definition) is 4. The first-order chi connectivity index (χ1) is 16.6. The van der Waals surface area contributed by atoms with E-state index in [4.69, 9.17) is 63.3 Å². The molecule has 1 aliphatic rings. The highest BCUT2D eigenvalue weighted by Crippen LogP contribution is 2.65. The van der Waals surface area contributed by atoms with E-state index < -0.39 is 22.1 Å². The Bertz CT molecular complexity index is 1330. The minimum atomic E-state index is -1.32. The van der Waals surface area contributed by atoms with Gasteiger partial charge in [0.15, 0.2) is 5.78 Å². The number of alkyl halides is 2. The first kappa shape index (κ1) is 26.2. The van der Waals surface area contributed by atoms with Gasteiger partial charge in [-0.3, -0.25) is 9.59 Å². The van der Waals surface area contributed by atoms with E-state index in [9.17, 15) is 9.59 Å². The Balaban J connectivity index is 1.48. The maximum absolute atomic E-state index is 13.0. The zero-order chi connectivity index (χ0) is 25.3. The van der Waals surface area contributed by atoms with E-state index >= 15 is 0 Å². The lowest BCUT2D eigenvalue weighted by molar-refractivity contribution is -0.117. The Morgan fingerprint density at radius 1 is 0.971 bits per heavy atom. The molecule has 10 heteroatoms. The van der Waals surface area contributed by atoms with Crippen molar-refractivity contribution in [2.75, 3.05) is 5.32 Å². The van der Waals surface area contributed by atoms with Crippen molar-refractivity contribution in [3.63, 3.8) is 0 Å². The Kier molecular flexibility index (Phi) is 7.92. The van der Waals surface area contributed by atoms with E-state index in [-0.39, 0.29) is 22.8 Å². The molecule has 1 saturated carbocycles. The molecule has 4 rings (SSSR count). The molecule has 0 bridgehead atoms. The van der Waals surface area contributed by atoms with E-state index in [0.717, 1.165) is 22.2 Å². The smallest absolute Gasteiger partial charge is 0.231 e. The van der Waals surface area contributed by atoms with Crippen LogP contribution in [0.25, 0.3) is 0 Å². The quantitative estimate of drug-likeness (QED) is 0.132. The highest BCUT2D eigenvalue weighted by atomic mass is 35.5. The molecule has 35 heavy (non-hydrogen) atoms. The molecule has 2 unspecified atom stereocenters. The second-order valence-electron chi connectivity index (χ2n) is 7.95. The van der Waals surface area contributed by atoms with Crippen molar-refractivity contribution in [1.82, 2.24) is 0 Å². The summed E-state index contributed by atoms with van der Waals surface area (Å²) in [5.74, 6) is -1.84. The van der Waals surface area contributed by atoms with Gasteiger partial charge in [-0.2, -0.15) is 5.26 Å². The molecule has 3 aromatic rings. The summed E-state index contributed by atoms with van der Waals surface area (Å²) in [6.45, 7) is 0. The topological polar surface area (TPSA) is 70.0 Å². The van der Waals surface area contributed by atoms with Crippen molar-refractivity contribution in [3.05, 3.63) is 92.4 Å². The number of benzene rings is 3. The summed E-state index contributed by atoms with van der Waals surface area (Å²) in [5, 5.41) is 14.6. The average molecular weight is 585 g/mol. The average Bonchev–Trinajstić information content (AvgIpc) is 3.38. The van der Waals surface area contributed by atoms with Gasteiger partial charge in [0.1, 0.15) is 9.73 Å². The van der Waals surface area contributed by atoms with Crippen LogP contribution in [0.2, 0.25) is 15.1 Å². The van der Waals surface area contributed by atoms with Gasteiger partial charge in [0.2, 0.25) is 5.91 Å². The second-order valence-corrected chi connectivity index (χ2v) is 11.5. The molecule has 2 atom stereocenters. The standard InChI is InChI=1S/C25H15Cl5N2O2S/c26-15-8-14(9-16(27)10-15)22-23(25(22,29)30)24(34)32-17-3-6-20(28)19(11-17)21(33)7-13-1-4-18(5-2-13)35-12-31/h1-6,8-11,22-23H,7H2,(H,32,34). The summed E-state index contributed by atoms with van der Waals surface area (Å²) in [4.78, 5) is 26.7. The van der Waals surface area contributed by atoms with E-state index in [1.165, 1.54) is 6.07 Å². The summed E-state index contributed by atoms with van der Waals surface area (Å²) in [5.41, 5.74) is 2.11. The fourth-order valence-electron chi connectivity index (χ4n) is 3.87. The number of anilines is 1. The third-order valence-corrected chi connectivity index (χ3v) is 7.87. The van der Waals surface area contributed by atoms with Crippen molar-refractivity contribution in [2.45, 2.75) is 21.6 Å². The molecule has 178 valence electrons. The van der Waals surface area contributed by atoms with Gasteiger partial charge in [0, 0.05) is 38.5 Å². The van der Waals surface area contributed by atoms with Gasteiger partial charge in [0.05, 0.1) is 10.9 Å². The van der Waals surface area contributed by atoms with E-state index in [2.05, 4.69) is 5.32 Å². The molecule has 4 nitrogen and oxygen atoms in total. The first-order valence-electron chi connectivity index (χ1n) is 10.2. The van der Waals surface area contributed by atoms with Crippen LogP contribution >= 0.6 is 69.8 Å². The molecular weight excluding hydrogens is 570 g/mol. The molecule has 0 aliphatic heterocycles. The minimum absolute atomic E-state index is 0.112. The zero-order valence-electron chi connectivity index (χ0n) is 17.7. The number of carbonyl (C=O) groups is 2. The van der Waals surface area contributed by atoms with E-state index in [1.807, 2.05) is 5.40 Å². The monoisotopic (exact) mass is 582 g/mol. The number of nitrogens with zero attached hydrogens (tertiary/aromatic N) is 1. The fourth-order valence-corrected chi connectivity index (χ4v) is 5.84. The summed E-state index contributed by atoms with van der Waals surface area (Å²) < 4.78 is -1.32. The highest BCUT2D eigenvalue weighted by molar-refractivity contribution is 8.03. The molecule has 0 saturated heterocycles. The Morgan fingerprint density at radius 3 is 2.26 bits per heavy atom. The summed E-state index contributed by atoms with van der Waals surface area (Å²) in [6, 6.07) is 16.7. The number of ketones is 1. The minimum Gasteiger partial charge on any atom is -0.326 e. The summed E-state index contributed by atoms with van der Waals surface area (Å²) in [7, 11) is 0. The number of thiocyanates is 1. The normalized spacial score (nSPS) is 17.9. The maximum atomic E-state index is 13.0. The molecule has 0 aromatic heterocycles. The van der Waals surface area contributed by atoms with Crippen LogP contribution in [0.1, 0.15) is 27.4 Å². The Morgan fingerprint density at radius 2 is 1.63 bits per heavy atom. The lowest BCUT2D eigenvalue weighted by atomic mass is 10.0. The van der Waals surface area contributed by atoms with Gasteiger partial charge in [0.25, 0.3) is 0 Å². The van der Waals surface area contributed by atoms with Gasteiger partial charge in [-0.1, -0.05) is 46.9 Å². The van der Waals surface area contributed by atoms with Crippen LogP contribution in [0.5, 0.6) is 0 Å². The third-order valence-electron chi connectivity index (χ3n) is 5.57. The highest BCUT2D eigenvalue weighted by Gasteiger charge is 2.67. The Labute approximate surface area is 231 Å². The molecular formula is C25H15Cl5N2O2S. The lowest BCUT2D eigenvalue weighted by Crippen LogP contribution is -2.17. The first-order valence-corrected chi connectivity index (χ1v) is 12.9. The van der Waals surface area contributed by atoms with Crippen molar-refractivity contribution < 1.29 is 9.59 Å². The van der Waals surface area contributed by atoms with Crippen LogP contribution in [-0.4, -0.2) is 16.0 Å². The van der Waals surface area contributed by atoms with Crippen LogP contribution in [0.4, 0.5) is 5.69 Å². The number of nitriles is 1. The number of nitrogens with one attached hydrogen (secondary N) is 1. The fraction of sp³-hybridized carbons (Fsp3) is 0.160. The SMILES string of the molecule is N#CSc1ccc(CC(=O)c2cc(NC(=O)C3C(c4cc(Cl)cc(Cl)c4)C3(Cl)Cl)ccc2Cl)cc1. The number of amides is 1. The van der Waals surface area contributed by atoms with Crippen molar-refractivity contribution in [1.29, 1.82) is 5.26 Å². The molecule has 0 heterocycles. The predicted molar refractivity (Wildman–Crippen MR) is 143 cm³/mol. The number of rotatable bonds is 7. The molecule has 1 aliphatic carbocycles. The number of Topliss-reactive ketones (excluding diaryl/α,β-unsaturated/α-hetero) is 1. The summed E-state index contributed by atoms with van der Waals surface area (Å²) in [6.07, 6.45) is 0.112. The van der Waals surface area contributed by atoms with Gasteiger partial charge in [-0.05, 0) is 71.4 Å². The number of thioether (sulfide) groups is 1. The molecule has 0 spiro atoms. The van der Waals surface area contributed by atoms with Crippen molar-refractivity contribution in [2.24, 2.45) is 5.92 Å². The third kappa shape index (κ3) is 5.91. The second kappa shape index (κ2) is 10.6.